The summed E-state index contributed by atoms with van der Waals surface area (Å²) < 4.78 is 1.27. The van der Waals surface area contributed by atoms with E-state index in [0.717, 1.165) is 25.9 Å². The lowest BCUT2D eigenvalue weighted by atomic mass is 10.1. The second-order valence-electron chi connectivity index (χ2n) is 5.42. The Morgan fingerprint density at radius 3 is 3.00 bits per heavy atom. The van der Waals surface area contributed by atoms with Crippen LogP contribution in [0.2, 0.25) is 0 Å². The molecule has 2 heterocycles. The van der Waals surface area contributed by atoms with E-state index in [9.17, 15) is 9.59 Å². The van der Waals surface area contributed by atoms with Crippen molar-refractivity contribution < 1.29 is 14.7 Å². The number of piperidine rings is 1. The summed E-state index contributed by atoms with van der Waals surface area (Å²) >= 11 is 0. The molecule has 1 unspecified atom stereocenters. The fourth-order valence-electron chi connectivity index (χ4n) is 2.49. The molecule has 1 atom stereocenters. The quantitative estimate of drug-likeness (QED) is 0.845. The number of aliphatic carboxylic acids is 1. The number of aromatic nitrogens is 2. The molecule has 8 nitrogen and oxygen atoms in total. The van der Waals surface area contributed by atoms with Crippen LogP contribution in [0.5, 0.6) is 0 Å². The van der Waals surface area contributed by atoms with Gasteiger partial charge in [-0.1, -0.05) is 0 Å². The van der Waals surface area contributed by atoms with E-state index in [0.29, 0.717) is 5.69 Å². The summed E-state index contributed by atoms with van der Waals surface area (Å²) in [6, 6.07) is -0.0111. The Morgan fingerprint density at radius 1 is 1.57 bits per heavy atom. The molecule has 1 aliphatic rings. The van der Waals surface area contributed by atoms with Gasteiger partial charge in [-0.2, -0.15) is 5.10 Å². The van der Waals surface area contributed by atoms with Crippen molar-refractivity contribution in [1.82, 2.24) is 19.6 Å². The van der Waals surface area contributed by atoms with Crippen molar-refractivity contribution in [2.75, 3.05) is 32.5 Å². The molecule has 1 aromatic rings. The molecule has 1 aliphatic heterocycles. The number of rotatable bonds is 4. The van der Waals surface area contributed by atoms with Gasteiger partial charge in [-0.3, -0.25) is 9.48 Å². The summed E-state index contributed by atoms with van der Waals surface area (Å²) in [4.78, 5) is 26.7. The summed E-state index contributed by atoms with van der Waals surface area (Å²) in [6.07, 6.45) is 5.02. The third-order valence-corrected chi connectivity index (χ3v) is 3.65. The lowest BCUT2D eigenvalue weighted by Gasteiger charge is -2.35. The van der Waals surface area contributed by atoms with Gasteiger partial charge in [0.1, 0.15) is 6.54 Å². The van der Waals surface area contributed by atoms with Crippen LogP contribution in [-0.2, 0) is 11.3 Å². The van der Waals surface area contributed by atoms with Crippen LogP contribution in [0, 0.1) is 0 Å². The summed E-state index contributed by atoms with van der Waals surface area (Å²) in [5.41, 5.74) is 0.497. The largest absolute Gasteiger partial charge is 0.480 e. The van der Waals surface area contributed by atoms with Crippen LogP contribution in [0.3, 0.4) is 0 Å². The fraction of sp³-hybridized carbons (Fsp3) is 0.615. The second-order valence-corrected chi connectivity index (χ2v) is 5.42. The van der Waals surface area contributed by atoms with Gasteiger partial charge < -0.3 is 20.2 Å². The van der Waals surface area contributed by atoms with Gasteiger partial charge >= 0.3 is 12.0 Å². The maximum absolute atomic E-state index is 12.2. The maximum Gasteiger partial charge on any atom is 0.325 e. The van der Waals surface area contributed by atoms with E-state index in [2.05, 4.69) is 15.3 Å². The molecule has 1 fully saturated rings. The van der Waals surface area contributed by atoms with E-state index in [4.69, 9.17) is 5.11 Å². The first kappa shape index (κ1) is 15.3. The molecule has 0 aliphatic carbocycles. The van der Waals surface area contributed by atoms with Crippen LogP contribution in [0.25, 0.3) is 0 Å². The first-order valence-corrected chi connectivity index (χ1v) is 6.92. The van der Waals surface area contributed by atoms with Crippen LogP contribution in [0.1, 0.15) is 12.8 Å². The summed E-state index contributed by atoms with van der Waals surface area (Å²) in [6.45, 7) is 1.70. The van der Waals surface area contributed by atoms with Crippen molar-refractivity contribution >= 4 is 17.7 Å². The fourth-order valence-corrected chi connectivity index (χ4v) is 2.49. The van der Waals surface area contributed by atoms with Gasteiger partial charge in [0.05, 0.1) is 11.9 Å². The zero-order valence-electron chi connectivity index (χ0n) is 12.3. The normalized spacial score (nSPS) is 19.2. The Morgan fingerprint density at radius 2 is 2.33 bits per heavy atom. The zero-order chi connectivity index (χ0) is 15.4. The summed E-state index contributed by atoms with van der Waals surface area (Å²) in [5.74, 6) is -0.974. The molecule has 2 rings (SSSR count). The minimum Gasteiger partial charge on any atom is -0.480 e. The van der Waals surface area contributed by atoms with E-state index in [-0.39, 0.29) is 18.6 Å². The monoisotopic (exact) mass is 295 g/mol. The molecule has 2 amide bonds. The molecule has 1 aromatic heterocycles. The van der Waals surface area contributed by atoms with Crippen molar-refractivity contribution in [3.8, 4) is 0 Å². The number of likely N-dealkylation sites (tertiary alicyclic amines) is 1. The van der Waals surface area contributed by atoms with Crippen molar-refractivity contribution in [1.29, 1.82) is 0 Å². The number of amides is 2. The molecule has 116 valence electrons. The number of nitrogens with one attached hydrogen (secondary N) is 1. The lowest BCUT2D eigenvalue weighted by Crippen LogP contribution is -2.48. The molecule has 0 aromatic carbocycles. The lowest BCUT2D eigenvalue weighted by molar-refractivity contribution is -0.137. The number of carboxylic acid groups (broad SMARTS) is 1. The highest BCUT2D eigenvalue weighted by molar-refractivity contribution is 5.89. The van der Waals surface area contributed by atoms with Gasteiger partial charge in [0.2, 0.25) is 0 Å². The molecule has 1 saturated heterocycles. The predicted molar refractivity (Wildman–Crippen MR) is 77.2 cm³/mol. The Balaban J connectivity index is 1.91. The van der Waals surface area contributed by atoms with Crippen molar-refractivity contribution in [3.63, 3.8) is 0 Å². The second kappa shape index (κ2) is 6.57. The molecule has 8 heteroatoms. The molecular weight excluding hydrogens is 274 g/mol. The van der Waals surface area contributed by atoms with E-state index >= 15 is 0 Å². The Hall–Kier alpha value is -2.09. The topological polar surface area (TPSA) is 90.7 Å². The first-order valence-electron chi connectivity index (χ1n) is 6.92. The maximum atomic E-state index is 12.2. The average Bonchev–Trinajstić information content (AvgIpc) is 2.84. The molecular formula is C13H21N5O3. The highest BCUT2D eigenvalue weighted by Gasteiger charge is 2.24. The van der Waals surface area contributed by atoms with Gasteiger partial charge in [-0.05, 0) is 26.4 Å². The van der Waals surface area contributed by atoms with Crippen molar-refractivity contribution in [3.05, 3.63) is 12.4 Å². The van der Waals surface area contributed by atoms with Crippen LogP contribution < -0.4 is 5.32 Å². The minimum atomic E-state index is -0.974. The Labute approximate surface area is 123 Å². The van der Waals surface area contributed by atoms with Gasteiger partial charge in [0.25, 0.3) is 0 Å². The van der Waals surface area contributed by atoms with E-state index in [1.165, 1.54) is 17.1 Å². The first-order chi connectivity index (χ1) is 9.95. The molecule has 21 heavy (non-hydrogen) atoms. The third kappa shape index (κ3) is 4.19. The summed E-state index contributed by atoms with van der Waals surface area (Å²) in [7, 11) is 3.83. The van der Waals surface area contributed by atoms with E-state index in [1.807, 2.05) is 7.05 Å². The number of urea groups is 1. The standard InChI is InChI=1S/C13H21N5O3/c1-16-5-3-4-11(8-16)17(2)13(21)15-10-6-14-18(7-10)9-12(19)20/h6-7,11H,3-5,8-9H2,1-2H3,(H,15,21)(H,19,20). The van der Waals surface area contributed by atoms with Gasteiger partial charge in [0, 0.05) is 25.8 Å². The highest BCUT2D eigenvalue weighted by atomic mass is 16.4. The number of carboxylic acids is 1. The minimum absolute atomic E-state index is 0.192. The number of hydrogen-bond donors (Lipinski definition) is 2. The van der Waals surface area contributed by atoms with Crippen LogP contribution >= 0.6 is 0 Å². The summed E-state index contributed by atoms with van der Waals surface area (Å²) in [5, 5.41) is 15.3. The number of hydrogen-bond acceptors (Lipinski definition) is 4. The van der Waals surface area contributed by atoms with Gasteiger partial charge in [0.15, 0.2) is 0 Å². The average molecular weight is 295 g/mol. The highest BCUT2D eigenvalue weighted by Crippen LogP contribution is 2.15. The molecule has 0 saturated carbocycles. The van der Waals surface area contributed by atoms with Gasteiger partial charge in [-0.25, -0.2) is 4.79 Å². The third-order valence-electron chi connectivity index (χ3n) is 3.65. The Bertz CT molecular complexity index is 516. The molecule has 0 spiro atoms. The van der Waals surface area contributed by atoms with Crippen LogP contribution in [0.4, 0.5) is 10.5 Å². The molecule has 0 bridgehead atoms. The number of likely N-dealkylation sites (N-methyl/N-ethyl adjacent to an activating group) is 2. The number of anilines is 1. The van der Waals surface area contributed by atoms with Crippen molar-refractivity contribution in [2.24, 2.45) is 0 Å². The molecule has 0 radical (unpaired) electrons. The van der Waals surface area contributed by atoms with Crippen molar-refractivity contribution in [2.45, 2.75) is 25.4 Å². The zero-order valence-corrected chi connectivity index (χ0v) is 12.3. The number of nitrogens with zero attached hydrogens (tertiary/aromatic N) is 4. The SMILES string of the molecule is CN1CCCC(N(C)C(=O)Nc2cnn(CC(=O)O)c2)C1. The smallest absolute Gasteiger partial charge is 0.325 e. The number of carbonyl (C=O) groups excluding carboxylic acids is 1. The van der Waals surface area contributed by atoms with E-state index in [1.54, 1.807) is 11.9 Å². The van der Waals surface area contributed by atoms with Crippen LogP contribution in [-0.4, -0.2) is 69.9 Å². The molecule has 2 N–H and O–H groups in total. The number of carbonyl (C=O) groups is 2. The van der Waals surface area contributed by atoms with Crippen LogP contribution in [0.15, 0.2) is 12.4 Å². The predicted octanol–water partition coefficient (Wildman–Crippen LogP) is 0.526. The Kier molecular flexibility index (Phi) is 4.79. The van der Waals surface area contributed by atoms with Gasteiger partial charge in [-0.15, -0.1) is 0 Å². The van der Waals surface area contributed by atoms with E-state index < -0.39 is 5.97 Å².